The van der Waals surface area contributed by atoms with Crippen LogP contribution in [0.5, 0.6) is 5.75 Å². The third-order valence-electron chi connectivity index (χ3n) is 6.59. The Kier molecular flexibility index (Phi) is 11.0. The number of benzene rings is 1. The maximum Gasteiger partial charge on any atom is 0.317 e. The van der Waals surface area contributed by atoms with Crippen LogP contribution in [0.1, 0.15) is 11.4 Å². The van der Waals surface area contributed by atoms with Crippen LogP contribution in [0.15, 0.2) is 72.8 Å². The lowest BCUT2D eigenvalue weighted by Gasteiger charge is -2.18. The van der Waals surface area contributed by atoms with Crippen LogP contribution in [-0.4, -0.2) is 102 Å². The van der Waals surface area contributed by atoms with Crippen LogP contribution in [0.4, 0.5) is 0 Å². The lowest BCUT2D eigenvalue weighted by molar-refractivity contribution is -0.144. The summed E-state index contributed by atoms with van der Waals surface area (Å²) in [7, 11) is 1.57. The van der Waals surface area contributed by atoms with Gasteiger partial charge in [-0.25, -0.2) is 15.0 Å². The quantitative estimate of drug-likeness (QED) is 0.141. The Bertz CT molecular complexity index is 1600. The summed E-state index contributed by atoms with van der Waals surface area (Å²) < 4.78 is 5.29. The molecule has 0 aliphatic rings. The van der Waals surface area contributed by atoms with Gasteiger partial charge in [-0.15, -0.1) is 0 Å². The minimum Gasteiger partial charge on any atom is -0.497 e. The Morgan fingerprint density at radius 1 is 0.565 bits per heavy atom. The van der Waals surface area contributed by atoms with E-state index in [0.29, 0.717) is 39.9 Å². The van der Waals surface area contributed by atoms with E-state index < -0.39 is 50.1 Å². The second kappa shape index (κ2) is 15.3. The first kappa shape index (κ1) is 33.2. The zero-order chi connectivity index (χ0) is 33.2. The van der Waals surface area contributed by atoms with Gasteiger partial charge in [-0.05, 0) is 59.7 Å². The number of pyridine rings is 3. The molecule has 0 amide bonds. The van der Waals surface area contributed by atoms with E-state index in [2.05, 4.69) is 9.97 Å². The van der Waals surface area contributed by atoms with Gasteiger partial charge in [0.25, 0.3) is 0 Å². The molecule has 0 aliphatic carbocycles. The van der Waals surface area contributed by atoms with Gasteiger partial charge < -0.3 is 25.2 Å². The number of hydrogen-bond acceptors (Lipinski definition) is 10. The molecule has 3 aromatic heterocycles. The Morgan fingerprint density at radius 2 is 0.978 bits per heavy atom. The molecule has 0 saturated heterocycles. The van der Waals surface area contributed by atoms with Gasteiger partial charge in [-0.1, -0.05) is 24.3 Å². The van der Waals surface area contributed by atoms with Crippen molar-refractivity contribution in [2.24, 2.45) is 0 Å². The molecule has 14 nitrogen and oxygen atoms in total. The van der Waals surface area contributed by atoms with Crippen LogP contribution >= 0.6 is 0 Å². The lowest BCUT2D eigenvalue weighted by atomic mass is 10.0. The standard InChI is InChI=1S/C32H31N5O9/c1-46-24-10-8-20(9-11-24)21-12-27(25-6-2-4-22(33-25)14-36(16-29(38)39)17-30(40)41)35-28(13-21)26-7-3-5-23(34-26)15-37(18-31(42)43)19-32(44)45/h2-13H,14-19H2,1H3,(H,38,39)(H,40,41)(H,42,43)(H,44,45). The van der Waals surface area contributed by atoms with Crippen molar-refractivity contribution in [3.05, 3.63) is 84.2 Å². The molecule has 0 fully saturated rings. The molecule has 1 aromatic carbocycles. The topological polar surface area (TPSA) is 204 Å². The largest absolute Gasteiger partial charge is 0.497 e. The first-order valence-electron chi connectivity index (χ1n) is 13.9. The van der Waals surface area contributed by atoms with Gasteiger partial charge in [0.05, 0.1) is 67.5 Å². The van der Waals surface area contributed by atoms with Gasteiger partial charge in [0.15, 0.2) is 0 Å². The number of nitrogens with zero attached hydrogens (tertiary/aromatic N) is 5. The highest BCUT2D eigenvalue weighted by Crippen LogP contribution is 2.30. The molecule has 4 aromatic rings. The molecule has 238 valence electrons. The van der Waals surface area contributed by atoms with Crippen molar-refractivity contribution in [2.45, 2.75) is 13.1 Å². The van der Waals surface area contributed by atoms with E-state index in [-0.39, 0.29) is 13.1 Å². The summed E-state index contributed by atoms with van der Waals surface area (Å²) in [5, 5.41) is 36.9. The van der Waals surface area contributed by atoms with E-state index in [9.17, 15) is 39.6 Å². The number of aromatic nitrogens is 3. The van der Waals surface area contributed by atoms with Crippen molar-refractivity contribution in [2.75, 3.05) is 33.3 Å². The molecule has 0 aliphatic heterocycles. The highest BCUT2D eigenvalue weighted by molar-refractivity contribution is 5.76. The molecule has 0 atom stereocenters. The third-order valence-corrected chi connectivity index (χ3v) is 6.59. The third kappa shape index (κ3) is 9.64. The average Bonchev–Trinajstić information content (AvgIpc) is 3.00. The summed E-state index contributed by atoms with van der Waals surface area (Å²) in [5.74, 6) is -4.00. The molecule has 46 heavy (non-hydrogen) atoms. The van der Waals surface area contributed by atoms with E-state index in [4.69, 9.17) is 9.72 Å². The molecule has 0 saturated carbocycles. The van der Waals surface area contributed by atoms with Crippen molar-refractivity contribution in [1.82, 2.24) is 24.8 Å². The van der Waals surface area contributed by atoms with Crippen LogP contribution in [0.3, 0.4) is 0 Å². The number of aliphatic carboxylic acids is 4. The van der Waals surface area contributed by atoms with Gasteiger partial charge >= 0.3 is 23.9 Å². The number of ether oxygens (including phenoxy) is 1. The highest BCUT2D eigenvalue weighted by atomic mass is 16.5. The fourth-order valence-electron chi connectivity index (χ4n) is 4.72. The predicted octanol–water partition coefficient (Wildman–Crippen LogP) is 2.82. The lowest BCUT2D eigenvalue weighted by Crippen LogP contribution is -2.34. The van der Waals surface area contributed by atoms with Crippen LogP contribution in [-0.2, 0) is 32.3 Å². The molecule has 4 rings (SSSR count). The predicted molar refractivity (Wildman–Crippen MR) is 164 cm³/mol. The number of carboxylic acids is 4. The van der Waals surface area contributed by atoms with E-state index in [1.54, 1.807) is 43.5 Å². The van der Waals surface area contributed by atoms with Crippen LogP contribution in [0.2, 0.25) is 0 Å². The SMILES string of the molecule is COc1ccc(-c2cc(-c3cccc(CN(CC(=O)O)CC(=O)O)n3)nc(-c3cccc(CN(CC(=O)O)CC(=O)O)n3)c2)cc1. The second-order valence-corrected chi connectivity index (χ2v) is 10.2. The van der Waals surface area contributed by atoms with E-state index in [1.807, 2.05) is 36.4 Å². The van der Waals surface area contributed by atoms with Crippen LogP contribution in [0, 0.1) is 0 Å². The molecule has 4 N–H and O–H groups in total. The number of carbonyl (C=O) groups is 4. The molecule has 14 heteroatoms. The smallest absolute Gasteiger partial charge is 0.317 e. The molecular weight excluding hydrogens is 598 g/mol. The summed E-state index contributed by atoms with van der Waals surface area (Å²) in [6.07, 6.45) is 0. The van der Waals surface area contributed by atoms with E-state index in [0.717, 1.165) is 11.1 Å². The number of rotatable bonds is 16. The fourth-order valence-corrected chi connectivity index (χ4v) is 4.72. The molecule has 3 heterocycles. The van der Waals surface area contributed by atoms with Gasteiger partial charge in [0, 0.05) is 13.1 Å². The minimum atomic E-state index is -1.17. The summed E-state index contributed by atoms with van der Waals surface area (Å²) in [5.41, 5.74) is 4.29. The second-order valence-electron chi connectivity index (χ2n) is 10.2. The molecule has 0 bridgehead atoms. The maximum absolute atomic E-state index is 11.3. The van der Waals surface area contributed by atoms with Crippen molar-refractivity contribution >= 4 is 23.9 Å². The monoisotopic (exact) mass is 629 g/mol. The molecular formula is C32H31N5O9. The zero-order valence-electron chi connectivity index (χ0n) is 24.7. The Labute approximate surface area is 263 Å². The van der Waals surface area contributed by atoms with Gasteiger partial charge in [0.1, 0.15) is 5.75 Å². The Balaban J connectivity index is 1.76. The summed E-state index contributed by atoms with van der Waals surface area (Å²) in [6.45, 7) is -1.97. The normalized spacial score (nSPS) is 11.0. The minimum absolute atomic E-state index is 0.0236. The summed E-state index contributed by atoms with van der Waals surface area (Å²) in [6, 6.07) is 21.3. The van der Waals surface area contributed by atoms with E-state index >= 15 is 0 Å². The highest BCUT2D eigenvalue weighted by Gasteiger charge is 2.18. The number of hydrogen-bond donors (Lipinski definition) is 4. The van der Waals surface area contributed by atoms with Gasteiger partial charge in [0.2, 0.25) is 0 Å². The van der Waals surface area contributed by atoms with Crippen molar-refractivity contribution in [3.63, 3.8) is 0 Å². The molecule has 0 radical (unpaired) electrons. The molecule has 0 spiro atoms. The Morgan fingerprint density at radius 3 is 1.35 bits per heavy atom. The number of methoxy groups -OCH3 is 1. The van der Waals surface area contributed by atoms with Gasteiger partial charge in [-0.3, -0.25) is 29.0 Å². The average molecular weight is 630 g/mol. The first-order chi connectivity index (χ1) is 22.0. The first-order valence-corrected chi connectivity index (χ1v) is 13.9. The maximum atomic E-state index is 11.3. The van der Waals surface area contributed by atoms with Crippen LogP contribution < -0.4 is 4.74 Å². The van der Waals surface area contributed by atoms with E-state index in [1.165, 1.54) is 9.80 Å². The van der Waals surface area contributed by atoms with Crippen molar-refractivity contribution in [1.29, 1.82) is 0 Å². The zero-order valence-corrected chi connectivity index (χ0v) is 24.7. The summed E-state index contributed by atoms with van der Waals surface area (Å²) >= 11 is 0. The fraction of sp³-hybridized carbons (Fsp3) is 0.219. The van der Waals surface area contributed by atoms with Gasteiger partial charge in [-0.2, -0.15) is 0 Å². The van der Waals surface area contributed by atoms with Crippen molar-refractivity contribution < 1.29 is 44.3 Å². The Hall–Kier alpha value is -5.73. The summed E-state index contributed by atoms with van der Waals surface area (Å²) in [4.78, 5) is 61.8. The van der Waals surface area contributed by atoms with Crippen LogP contribution in [0.25, 0.3) is 33.9 Å². The number of carboxylic acid groups (broad SMARTS) is 4. The molecule has 0 unspecified atom stereocenters. The van der Waals surface area contributed by atoms with Crippen molar-refractivity contribution in [3.8, 4) is 39.7 Å².